The van der Waals surface area contributed by atoms with E-state index in [1.54, 1.807) is 23.6 Å². The highest BCUT2D eigenvalue weighted by atomic mass is 32.1. The summed E-state index contributed by atoms with van der Waals surface area (Å²) in [5, 5.41) is 11.6. The smallest absolute Gasteiger partial charge is 0.126 e. The molecule has 0 saturated carbocycles. The van der Waals surface area contributed by atoms with Crippen LogP contribution in [0.1, 0.15) is 134 Å². The molecule has 53 heavy (non-hydrogen) atoms. The number of phenolic OH excluding ortho intramolecular Hbond substituents is 1. The summed E-state index contributed by atoms with van der Waals surface area (Å²) >= 11 is 1.72. The van der Waals surface area contributed by atoms with Crippen LogP contribution in [-0.2, 0) is 10.8 Å². The highest BCUT2D eigenvalue weighted by Gasteiger charge is 2.23. The van der Waals surface area contributed by atoms with Crippen molar-refractivity contribution in [3.63, 3.8) is 0 Å². The molecule has 0 bridgehead atoms. The molecular weight excluding hydrogens is 665 g/mol. The first-order valence-corrected chi connectivity index (χ1v) is 19.9. The van der Waals surface area contributed by atoms with E-state index in [9.17, 15) is 5.11 Å². The summed E-state index contributed by atoms with van der Waals surface area (Å²) in [6.45, 7) is 27.2. The minimum absolute atomic E-state index is 0.0376. The van der Waals surface area contributed by atoms with E-state index in [1.807, 2.05) is 30.3 Å². The third-order valence-corrected chi connectivity index (χ3v) is 11.4. The number of rotatable bonds is 8. The summed E-state index contributed by atoms with van der Waals surface area (Å²) in [4.78, 5) is 10.3. The Kier molecular flexibility index (Phi) is 10.6. The van der Waals surface area contributed by atoms with Gasteiger partial charge in [0.15, 0.2) is 0 Å². The second-order valence-electron chi connectivity index (χ2n) is 17.6. The van der Waals surface area contributed by atoms with E-state index in [1.165, 1.54) is 38.9 Å². The van der Waals surface area contributed by atoms with Gasteiger partial charge < -0.3 is 5.11 Å². The van der Waals surface area contributed by atoms with Crippen LogP contribution in [0.3, 0.4) is 0 Å². The van der Waals surface area contributed by atoms with Crippen molar-refractivity contribution in [2.75, 3.05) is 0 Å². The number of thiazole rings is 1. The zero-order chi connectivity index (χ0) is 38.4. The summed E-state index contributed by atoms with van der Waals surface area (Å²) < 4.78 is 1.16. The predicted molar refractivity (Wildman–Crippen MR) is 231 cm³/mol. The predicted octanol–water partition coefficient (Wildman–Crippen LogP) is 14.7. The number of phenols is 1. The van der Waals surface area contributed by atoms with Crippen LogP contribution < -0.4 is 0 Å². The van der Waals surface area contributed by atoms with Gasteiger partial charge in [-0.15, -0.1) is 11.3 Å². The lowest BCUT2D eigenvalue weighted by Crippen LogP contribution is -2.11. The molecule has 0 aliphatic rings. The van der Waals surface area contributed by atoms with Crippen LogP contribution in [0.4, 0.5) is 5.69 Å². The fraction of sp³-hybridized carbons (Fsp3) is 0.347. The minimum atomic E-state index is -0.0429. The fourth-order valence-corrected chi connectivity index (χ4v) is 8.03. The summed E-state index contributed by atoms with van der Waals surface area (Å²) in [5.41, 5.74) is 15.0. The van der Waals surface area contributed by atoms with Crippen molar-refractivity contribution in [1.82, 2.24) is 4.98 Å². The van der Waals surface area contributed by atoms with Crippen molar-refractivity contribution < 1.29 is 5.11 Å². The largest absolute Gasteiger partial charge is 0.507 e. The lowest BCUT2D eigenvalue weighted by atomic mass is 9.81. The molecule has 1 heterocycles. The Bertz CT molecular complexity index is 2280. The highest BCUT2D eigenvalue weighted by molar-refractivity contribution is 7.21. The quantitative estimate of drug-likeness (QED) is 0.159. The molecule has 0 atom stereocenters. The van der Waals surface area contributed by atoms with Gasteiger partial charge >= 0.3 is 0 Å². The lowest BCUT2D eigenvalue weighted by molar-refractivity contribution is 0.473. The van der Waals surface area contributed by atoms with Gasteiger partial charge in [-0.25, -0.2) is 4.98 Å². The van der Waals surface area contributed by atoms with E-state index in [0.29, 0.717) is 23.3 Å². The molecule has 0 spiro atoms. The molecular formula is C49H56N2OS. The van der Waals surface area contributed by atoms with E-state index < -0.39 is 0 Å². The van der Waals surface area contributed by atoms with Gasteiger partial charge in [-0.1, -0.05) is 132 Å². The van der Waals surface area contributed by atoms with E-state index in [0.717, 1.165) is 37.6 Å². The zero-order valence-corrected chi connectivity index (χ0v) is 34.5. The van der Waals surface area contributed by atoms with Gasteiger partial charge in [0.2, 0.25) is 0 Å². The first kappa shape index (κ1) is 38.2. The summed E-state index contributed by atoms with van der Waals surface area (Å²) in [6, 6.07) is 32.6. The molecule has 0 aliphatic heterocycles. The number of hydrogen-bond donors (Lipinski definition) is 1. The number of fused-ring (bicyclic) bond motifs is 1. The molecule has 3 nitrogen and oxygen atoms in total. The number of para-hydroxylation sites is 1. The first-order chi connectivity index (χ1) is 24.9. The van der Waals surface area contributed by atoms with Crippen molar-refractivity contribution in [2.24, 2.45) is 4.99 Å². The molecule has 6 aromatic rings. The van der Waals surface area contributed by atoms with Crippen LogP contribution in [0.15, 0.2) is 96.0 Å². The summed E-state index contributed by atoms with van der Waals surface area (Å²) in [6.07, 6.45) is 1.77. The van der Waals surface area contributed by atoms with Crippen LogP contribution in [-0.4, -0.2) is 16.3 Å². The van der Waals surface area contributed by atoms with Crippen LogP contribution in [0, 0.1) is 0 Å². The second-order valence-corrected chi connectivity index (χ2v) is 18.6. The number of benzene rings is 5. The average Bonchev–Trinajstić information content (AvgIpc) is 3.54. The Balaban J connectivity index is 1.51. The molecule has 4 heteroatoms. The number of aliphatic imine (C=N–C) groups is 1. The average molecular weight is 721 g/mol. The number of nitrogens with zero attached hydrogens (tertiary/aromatic N) is 2. The van der Waals surface area contributed by atoms with Crippen LogP contribution >= 0.6 is 11.3 Å². The second kappa shape index (κ2) is 14.7. The van der Waals surface area contributed by atoms with Gasteiger partial charge in [0, 0.05) is 22.9 Å². The molecule has 5 aromatic carbocycles. The van der Waals surface area contributed by atoms with E-state index in [2.05, 4.69) is 138 Å². The third-order valence-electron chi connectivity index (χ3n) is 10.3. The molecule has 0 fully saturated rings. The summed E-state index contributed by atoms with van der Waals surface area (Å²) in [5.74, 6) is 1.49. The Morgan fingerprint density at radius 2 is 1.28 bits per heavy atom. The molecule has 1 aromatic heterocycles. The standard InChI is InChI=1S/C49H56N2OS/c1-29(2)34-24-39(30(3)4)45(40(25-34)31(5)6)33-17-15-16-32(22-33)41-26-37(49(10,11)12)27-44-46(41)51-47(53-44)38-18-13-14-19-42(38)50-28-35-23-36(48(7,8)9)20-21-43(35)52/h13-31,52H,1-12H3. The third kappa shape index (κ3) is 8.04. The van der Waals surface area contributed by atoms with Gasteiger partial charge in [0.25, 0.3) is 0 Å². The maximum atomic E-state index is 10.7. The normalized spacial score (nSPS) is 12.7. The van der Waals surface area contributed by atoms with Gasteiger partial charge in [-0.2, -0.15) is 0 Å². The lowest BCUT2D eigenvalue weighted by Gasteiger charge is -2.24. The van der Waals surface area contributed by atoms with Crippen molar-refractivity contribution in [3.8, 4) is 38.6 Å². The van der Waals surface area contributed by atoms with Crippen molar-refractivity contribution in [2.45, 2.75) is 112 Å². The SMILES string of the molecule is CC(C)c1cc(C(C)C)c(-c2cccc(-c3cc(C(C)(C)C)cc4sc(-c5ccccc5N=Cc5cc(C(C)(C)C)ccc5O)nc34)c2)c(C(C)C)c1. The van der Waals surface area contributed by atoms with Crippen LogP contribution in [0.5, 0.6) is 5.75 Å². The summed E-state index contributed by atoms with van der Waals surface area (Å²) in [7, 11) is 0. The zero-order valence-electron chi connectivity index (χ0n) is 33.7. The van der Waals surface area contributed by atoms with Crippen molar-refractivity contribution in [1.29, 1.82) is 0 Å². The highest BCUT2D eigenvalue weighted by Crippen LogP contribution is 2.44. The van der Waals surface area contributed by atoms with Crippen molar-refractivity contribution in [3.05, 3.63) is 124 Å². The van der Waals surface area contributed by atoms with Gasteiger partial charge in [0.05, 0.1) is 15.9 Å². The molecule has 0 aliphatic carbocycles. The van der Waals surface area contributed by atoms with Gasteiger partial charge in [-0.3, -0.25) is 4.99 Å². The fourth-order valence-electron chi connectivity index (χ4n) is 6.96. The van der Waals surface area contributed by atoms with Gasteiger partial charge in [-0.05, 0) is 116 Å². The Labute approximate surface area is 321 Å². The minimum Gasteiger partial charge on any atom is -0.507 e. The van der Waals surface area contributed by atoms with E-state index >= 15 is 0 Å². The molecule has 0 radical (unpaired) electrons. The topological polar surface area (TPSA) is 45.5 Å². The monoisotopic (exact) mass is 720 g/mol. The van der Waals surface area contributed by atoms with Gasteiger partial charge in [0.1, 0.15) is 10.8 Å². The number of aromatic hydroxyl groups is 1. The molecule has 274 valence electrons. The maximum Gasteiger partial charge on any atom is 0.126 e. The number of aromatic nitrogens is 1. The molecule has 6 rings (SSSR count). The first-order valence-electron chi connectivity index (χ1n) is 19.1. The Morgan fingerprint density at radius 3 is 1.91 bits per heavy atom. The molecule has 0 amide bonds. The van der Waals surface area contributed by atoms with Crippen LogP contribution in [0.2, 0.25) is 0 Å². The maximum absolute atomic E-state index is 10.7. The van der Waals surface area contributed by atoms with Crippen LogP contribution in [0.25, 0.3) is 43.0 Å². The van der Waals surface area contributed by atoms with Crippen molar-refractivity contribution >= 4 is 33.5 Å². The molecule has 1 N–H and O–H groups in total. The Hall–Kier alpha value is -4.54. The molecule has 0 saturated heterocycles. The molecule has 0 unspecified atom stereocenters. The number of hydrogen-bond acceptors (Lipinski definition) is 4. The van der Waals surface area contributed by atoms with E-state index in [4.69, 9.17) is 9.98 Å². The van der Waals surface area contributed by atoms with E-state index in [-0.39, 0.29) is 16.6 Å². The Morgan fingerprint density at radius 1 is 0.642 bits per heavy atom.